The third-order valence-corrected chi connectivity index (χ3v) is 5.37. The van der Waals surface area contributed by atoms with Gasteiger partial charge >= 0.3 is 0 Å². The molecule has 0 radical (unpaired) electrons. The Hall–Kier alpha value is -2.33. The number of rotatable bonds is 5. The average Bonchev–Trinajstić information content (AvgIpc) is 2.72. The van der Waals surface area contributed by atoms with Gasteiger partial charge in [-0.1, -0.05) is 30.7 Å². The van der Waals surface area contributed by atoms with Crippen LogP contribution in [0.2, 0.25) is 5.02 Å². The van der Waals surface area contributed by atoms with E-state index in [9.17, 15) is 9.59 Å². The van der Waals surface area contributed by atoms with Crippen LogP contribution in [-0.2, 0) is 6.54 Å². The molecular formula is C22H25ClN2O2. The van der Waals surface area contributed by atoms with Crippen LogP contribution in [0.3, 0.4) is 0 Å². The van der Waals surface area contributed by atoms with Crippen LogP contribution in [0.15, 0.2) is 48.5 Å². The molecule has 2 aromatic carbocycles. The maximum atomic E-state index is 12.8. The highest BCUT2D eigenvalue weighted by Gasteiger charge is 2.26. The summed E-state index contributed by atoms with van der Waals surface area (Å²) in [6, 6.07) is 14.6. The van der Waals surface area contributed by atoms with Crippen LogP contribution in [0.5, 0.6) is 0 Å². The number of nitrogens with one attached hydrogen (secondary N) is 1. The van der Waals surface area contributed by atoms with Crippen molar-refractivity contribution in [3.63, 3.8) is 0 Å². The summed E-state index contributed by atoms with van der Waals surface area (Å²) in [7, 11) is 0. The highest BCUT2D eigenvalue weighted by Crippen LogP contribution is 2.22. The zero-order valence-corrected chi connectivity index (χ0v) is 16.3. The van der Waals surface area contributed by atoms with E-state index in [0.717, 1.165) is 31.4 Å². The molecule has 1 N–H and O–H groups in total. The van der Waals surface area contributed by atoms with Gasteiger partial charge in [0.25, 0.3) is 11.8 Å². The van der Waals surface area contributed by atoms with Gasteiger partial charge in [0.1, 0.15) is 0 Å². The lowest BCUT2D eigenvalue weighted by molar-refractivity contribution is 0.0607. The molecule has 0 aromatic heterocycles. The van der Waals surface area contributed by atoms with Gasteiger partial charge in [-0.2, -0.15) is 0 Å². The maximum absolute atomic E-state index is 12.8. The third-order valence-electron chi connectivity index (χ3n) is 5.12. The summed E-state index contributed by atoms with van der Waals surface area (Å²) in [4.78, 5) is 27.1. The second-order valence-electron chi connectivity index (χ2n) is 6.94. The summed E-state index contributed by atoms with van der Waals surface area (Å²) in [5.41, 5.74) is 2.17. The van der Waals surface area contributed by atoms with Gasteiger partial charge in [-0.3, -0.25) is 9.59 Å². The van der Waals surface area contributed by atoms with E-state index in [-0.39, 0.29) is 11.8 Å². The first-order valence-electron chi connectivity index (χ1n) is 9.52. The first-order chi connectivity index (χ1) is 13.1. The zero-order valence-electron chi connectivity index (χ0n) is 15.6. The van der Waals surface area contributed by atoms with Gasteiger partial charge in [0, 0.05) is 35.3 Å². The highest BCUT2D eigenvalue weighted by molar-refractivity contribution is 6.30. The molecule has 1 fully saturated rings. The fourth-order valence-electron chi connectivity index (χ4n) is 3.51. The molecule has 1 unspecified atom stereocenters. The third kappa shape index (κ3) is 4.89. The second-order valence-corrected chi connectivity index (χ2v) is 7.38. The lowest BCUT2D eigenvalue weighted by Crippen LogP contribution is -2.43. The normalized spacial score (nSPS) is 16.8. The number of hydrogen-bond donors (Lipinski definition) is 1. The molecule has 4 nitrogen and oxygen atoms in total. The largest absolute Gasteiger partial charge is 0.348 e. The molecule has 1 saturated heterocycles. The molecule has 2 amide bonds. The van der Waals surface area contributed by atoms with E-state index in [1.54, 1.807) is 36.4 Å². The van der Waals surface area contributed by atoms with Gasteiger partial charge in [-0.25, -0.2) is 0 Å². The van der Waals surface area contributed by atoms with Crippen molar-refractivity contribution in [1.29, 1.82) is 0 Å². The van der Waals surface area contributed by atoms with Crippen molar-refractivity contribution in [3.05, 3.63) is 70.2 Å². The van der Waals surface area contributed by atoms with Crippen molar-refractivity contribution in [2.24, 2.45) is 0 Å². The topological polar surface area (TPSA) is 49.4 Å². The Bertz CT molecular complexity index is 787. The van der Waals surface area contributed by atoms with Gasteiger partial charge in [0.05, 0.1) is 0 Å². The Kier molecular flexibility index (Phi) is 6.51. The number of piperidine rings is 1. The van der Waals surface area contributed by atoms with Gasteiger partial charge in [-0.05, 0) is 67.6 Å². The Morgan fingerprint density at radius 1 is 1.04 bits per heavy atom. The van der Waals surface area contributed by atoms with Crippen molar-refractivity contribution in [2.75, 3.05) is 6.54 Å². The molecule has 5 heteroatoms. The van der Waals surface area contributed by atoms with E-state index >= 15 is 0 Å². The van der Waals surface area contributed by atoms with E-state index < -0.39 is 0 Å². The molecule has 0 bridgehead atoms. The minimum absolute atomic E-state index is 0.0645. The summed E-state index contributed by atoms with van der Waals surface area (Å²) < 4.78 is 0. The van der Waals surface area contributed by atoms with E-state index in [4.69, 9.17) is 11.6 Å². The Morgan fingerprint density at radius 2 is 1.70 bits per heavy atom. The number of amides is 2. The van der Waals surface area contributed by atoms with Crippen LogP contribution < -0.4 is 5.32 Å². The monoisotopic (exact) mass is 384 g/mol. The van der Waals surface area contributed by atoms with Crippen molar-refractivity contribution in [2.45, 2.75) is 45.2 Å². The van der Waals surface area contributed by atoms with Crippen molar-refractivity contribution in [1.82, 2.24) is 10.2 Å². The van der Waals surface area contributed by atoms with Crippen LogP contribution in [-0.4, -0.2) is 29.3 Å². The Balaban J connectivity index is 1.61. The zero-order chi connectivity index (χ0) is 19.2. The summed E-state index contributed by atoms with van der Waals surface area (Å²) in [6.07, 6.45) is 4.31. The quantitative estimate of drug-likeness (QED) is 0.813. The van der Waals surface area contributed by atoms with E-state index in [1.165, 1.54) is 6.42 Å². The van der Waals surface area contributed by atoms with Crippen LogP contribution in [0.4, 0.5) is 0 Å². The Morgan fingerprint density at radius 3 is 2.37 bits per heavy atom. The summed E-state index contributed by atoms with van der Waals surface area (Å²) in [5, 5.41) is 3.56. The van der Waals surface area contributed by atoms with Crippen LogP contribution in [0, 0.1) is 0 Å². The maximum Gasteiger partial charge on any atom is 0.254 e. The number of benzene rings is 2. The molecule has 0 aliphatic carbocycles. The molecule has 2 aromatic rings. The van der Waals surface area contributed by atoms with Crippen molar-refractivity contribution in [3.8, 4) is 0 Å². The van der Waals surface area contributed by atoms with Crippen molar-refractivity contribution < 1.29 is 9.59 Å². The predicted molar refractivity (Wildman–Crippen MR) is 108 cm³/mol. The van der Waals surface area contributed by atoms with E-state index in [0.29, 0.717) is 28.7 Å². The SMILES string of the molecule is CCC1CCCCN1C(=O)c1ccc(C(=O)NCc2ccc(Cl)cc2)cc1. The van der Waals surface area contributed by atoms with Crippen LogP contribution >= 0.6 is 11.6 Å². The van der Waals surface area contributed by atoms with E-state index in [1.807, 2.05) is 17.0 Å². The number of carbonyl (C=O) groups excluding carboxylic acids is 2. The molecule has 1 aliphatic rings. The fourth-order valence-corrected chi connectivity index (χ4v) is 3.64. The molecule has 1 aliphatic heterocycles. The number of likely N-dealkylation sites (tertiary alicyclic amines) is 1. The van der Waals surface area contributed by atoms with Gasteiger partial charge in [0.15, 0.2) is 0 Å². The lowest BCUT2D eigenvalue weighted by atomic mass is 9.98. The smallest absolute Gasteiger partial charge is 0.254 e. The van der Waals surface area contributed by atoms with Crippen LogP contribution in [0.25, 0.3) is 0 Å². The number of hydrogen-bond acceptors (Lipinski definition) is 2. The predicted octanol–water partition coefficient (Wildman–Crippen LogP) is 4.67. The first-order valence-corrected chi connectivity index (χ1v) is 9.90. The molecule has 3 rings (SSSR count). The average molecular weight is 385 g/mol. The summed E-state index contributed by atoms with van der Waals surface area (Å²) in [5.74, 6) is -0.0944. The highest BCUT2D eigenvalue weighted by atomic mass is 35.5. The molecule has 27 heavy (non-hydrogen) atoms. The van der Waals surface area contributed by atoms with Crippen LogP contribution in [0.1, 0.15) is 58.9 Å². The molecule has 0 saturated carbocycles. The van der Waals surface area contributed by atoms with E-state index in [2.05, 4.69) is 12.2 Å². The number of halogens is 1. The minimum atomic E-state index is -0.159. The summed E-state index contributed by atoms with van der Waals surface area (Å²) >= 11 is 5.87. The molecule has 1 atom stereocenters. The lowest BCUT2D eigenvalue weighted by Gasteiger charge is -2.35. The number of nitrogens with zero attached hydrogens (tertiary/aromatic N) is 1. The first kappa shape index (κ1) is 19.4. The minimum Gasteiger partial charge on any atom is -0.348 e. The number of carbonyl (C=O) groups is 2. The van der Waals surface area contributed by atoms with Crippen molar-refractivity contribution >= 4 is 23.4 Å². The molecule has 0 spiro atoms. The standard InChI is InChI=1S/C22H25ClN2O2/c1-2-20-5-3-4-14-25(20)22(27)18-10-8-17(9-11-18)21(26)24-15-16-6-12-19(23)13-7-16/h6-13,20H,2-5,14-15H2,1H3,(H,24,26). The molecule has 1 heterocycles. The molecular weight excluding hydrogens is 360 g/mol. The second kappa shape index (κ2) is 9.05. The van der Waals surface area contributed by atoms with Gasteiger partial charge in [-0.15, -0.1) is 0 Å². The van der Waals surface area contributed by atoms with Gasteiger partial charge < -0.3 is 10.2 Å². The fraction of sp³-hybridized carbons (Fsp3) is 0.364. The van der Waals surface area contributed by atoms with Gasteiger partial charge in [0.2, 0.25) is 0 Å². The summed E-state index contributed by atoms with van der Waals surface area (Å²) in [6.45, 7) is 3.38. The Labute approximate surface area is 165 Å². The molecule has 142 valence electrons.